The summed E-state index contributed by atoms with van der Waals surface area (Å²) in [5.74, 6) is 6.11. The highest BCUT2D eigenvalue weighted by Crippen LogP contribution is 2.44. The van der Waals surface area contributed by atoms with Crippen molar-refractivity contribution in [2.75, 3.05) is 32.6 Å². The van der Waals surface area contributed by atoms with Crippen molar-refractivity contribution in [2.45, 2.75) is 45.6 Å². The monoisotopic (exact) mass is 726 g/mol. The molecule has 1 atom stereocenters. The molecule has 10 nitrogen and oxygen atoms in total. The van der Waals surface area contributed by atoms with E-state index in [0.717, 1.165) is 15.8 Å². The number of hydrogen-bond donors (Lipinski definition) is 2. The molecule has 0 aliphatic heterocycles. The van der Waals surface area contributed by atoms with Crippen molar-refractivity contribution in [3.63, 3.8) is 0 Å². The first-order valence-electron chi connectivity index (χ1n) is 15.4. The highest BCUT2D eigenvalue weighted by atomic mass is 35.5. The van der Waals surface area contributed by atoms with Crippen molar-refractivity contribution in [3.05, 3.63) is 81.7 Å². The number of anilines is 1. The van der Waals surface area contributed by atoms with Crippen molar-refractivity contribution >= 4 is 44.9 Å². The first kappa shape index (κ1) is 36.4. The number of ether oxygens (including phenoxy) is 2. The van der Waals surface area contributed by atoms with Crippen LogP contribution in [0.2, 0.25) is 5.02 Å². The first-order valence-corrected chi connectivity index (χ1v) is 16.6. The average Bonchev–Trinajstić information content (AvgIpc) is 3.65. The lowest BCUT2D eigenvalue weighted by Crippen LogP contribution is -2.32. The smallest absolute Gasteiger partial charge is 0.408 e. The van der Waals surface area contributed by atoms with Gasteiger partial charge in [-0.05, 0) is 62.8 Å². The van der Waals surface area contributed by atoms with Crippen LogP contribution in [0.1, 0.15) is 28.6 Å². The van der Waals surface area contributed by atoms with Crippen LogP contribution in [-0.2, 0) is 24.4 Å². The number of nitrogens with zero attached hydrogens (tertiary/aromatic N) is 5. The van der Waals surface area contributed by atoms with E-state index in [1.165, 1.54) is 29.9 Å². The number of carboxylic acid groups (broad SMARTS) is 1. The highest BCUT2D eigenvalue weighted by Gasteiger charge is 2.30. The number of thiophene rings is 1. The van der Waals surface area contributed by atoms with Gasteiger partial charge < -0.3 is 24.8 Å². The SMILES string of the molecule is CC#Cc1sc2ncnc(N[C@H](Cc3ccccc3OCc3ccnn3CC(F)(F)F)C(=O)O)c2c1-c1ccc(OCCN(C)C)c(Cl)c1C. The third-order valence-corrected chi connectivity index (χ3v) is 9.14. The Morgan fingerprint density at radius 3 is 2.64 bits per heavy atom. The molecule has 262 valence electrons. The fourth-order valence-corrected chi connectivity index (χ4v) is 6.51. The quantitative estimate of drug-likeness (QED) is 0.116. The summed E-state index contributed by atoms with van der Waals surface area (Å²) >= 11 is 8.17. The number of aromatic nitrogens is 4. The first-order chi connectivity index (χ1) is 23.9. The largest absolute Gasteiger partial charge is 0.491 e. The summed E-state index contributed by atoms with van der Waals surface area (Å²) in [4.78, 5) is 24.9. The standard InChI is InChI=1S/C35H34ClF3N6O4S/c1-5-8-28-29(24-11-12-27(31(36)21(24)2)48-16-15-44(3)4)30-32(40-20-41-33(30)50-28)43-25(34(46)47)17-22-9-6-7-10-26(22)49-18-23-13-14-42-45(23)19-35(37,38)39/h6-7,9-14,20,25H,15-19H2,1-4H3,(H,46,47)(H,40,41,43)/t25-/m1/s1. The van der Waals surface area contributed by atoms with Gasteiger partial charge in [0.15, 0.2) is 0 Å². The van der Waals surface area contributed by atoms with Gasteiger partial charge in [-0.1, -0.05) is 41.8 Å². The molecule has 0 saturated carbocycles. The number of rotatable bonds is 14. The number of likely N-dealkylation sites (N-methyl/N-ethyl adjacent to an activating group) is 1. The molecule has 0 radical (unpaired) electrons. The van der Waals surface area contributed by atoms with Crippen molar-refractivity contribution in [2.24, 2.45) is 0 Å². The summed E-state index contributed by atoms with van der Waals surface area (Å²) in [6.45, 7) is 3.32. The van der Waals surface area contributed by atoms with Gasteiger partial charge in [0.1, 0.15) is 54.3 Å². The molecule has 0 aliphatic rings. The number of para-hydroxylation sites is 1. The lowest BCUT2D eigenvalue weighted by molar-refractivity contribution is -0.143. The zero-order chi connectivity index (χ0) is 36.0. The van der Waals surface area contributed by atoms with Crippen LogP contribution >= 0.6 is 22.9 Å². The Bertz CT molecular complexity index is 2050. The molecule has 0 fully saturated rings. The number of nitrogens with one attached hydrogen (secondary N) is 1. The Labute approximate surface area is 295 Å². The Balaban J connectivity index is 1.46. The molecule has 2 aromatic carbocycles. The lowest BCUT2D eigenvalue weighted by atomic mass is 9.97. The third kappa shape index (κ3) is 8.65. The maximum Gasteiger partial charge on any atom is 0.408 e. The normalized spacial score (nSPS) is 12.1. The molecule has 3 heterocycles. The Morgan fingerprint density at radius 2 is 1.92 bits per heavy atom. The molecule has 0 bridgehead atoms. The van der Waals surface area contributed by atoms with E-state index in [4.69, 9.17) is 21.1 Å². The van der Waals surface area contributed by atoms with Gasteiger partial charge in [-0.25, -0.2) is 14.8 Å². The predicted molar refractivity (Wildman–Crippen MR) is 187 cm³/mol. The fraction of sp³-hybridized carbons (Fsp3) is 0.314. The molecule has 3 aromatic heterocycles. The Hall–Kier alpha value is -4.84. The van der Waals surface area contributed by atoms with Crippen LogP contribution in [0, 0.1) is 18.8 Å². The zero-order valence-electron chi connectivity index (χ0n) is 27.6. The summed E-state index contributed by atoms with van der Waals surface area (Å²) in [6, 6.07) is 10.7. The van der Waals surface area contributed by atoms with E-state index >= 15 is 0 Å². The number of hydrogen-bond acceptors (Lipinski definition) is 9. The second-order valence-corrected chi connectivity index (χ2v) is 12.9. The number of fused-ring (bicyclic) bond motifs is 1. The molecule has 2 N–H and O–H groups in total. The van der Waals surface area contributed by atoms with E-state index in [1.807, 2.05) is 32.0 Å². The maximum atomic E-state index is 13.0. The molecule has 15 heteroatoms. The molecule has 50 heavy (non-hydrogen) atoms. The number of alkyl halides is 3. The molecule has 0 amide bonds. The maximum absolute atomic E-state index is 13.0. The third-order valence-electron chi connectivity index (χ3n) is 7.66. The molecular formula is C35H34ClF3N6O4S. The van der Waals surface area contributed by atoms with E-state index in [-0.39, 0.29) is 24.5 Å². The van der Waals surface area contributed by atoms with Gasteiger partial charge in [0, 0.05) is 24.7 Å². The van der Waals surface area contributed by atoms with Crippen LogP contribution in [-0.4, -0.2) is 75.2 Å². The predicted octanol–water partition coefficient (Wildman–Crippen LogP) is 7.08. The van der Waals surface area contributed by atoms with Gasteiger partial charge in [0.2, 0.25) is 0 Å². The van der Waals surface area contributed by atoms with E-state index in [1.54, 1.807) is 37.3 Å². The summed E-state index contributed by atoms with van der Waals surface area (Å²) in [7, 11) is 3.91. The molecule has 0 aliphatic carbocycles. The second kappa shape index (κ2) is 15.8. The number of aliphatic carboxylic acids is 1. The molecule has 5 rings (SSSR count). The van der Waals surface area contributed by atoms with E-state index in [2.05, 4.69) is 32.2 Å². The van der Waals surface area contributed by atoms with Crippen LogP contribution < -0.4 is 14.8 Å². The fourth-order valence-electron chi connectivity index (χ4n) is 5.23. The highest BCUT2D eigenvalue weighted by molar-refractivity contribution is 7.19. The summed E-state index contributed by atoms with van der Waals surface area (Å²) in [6.07, 6.45) is -1.87. The summed E-state index contributed by atoms with van der Waals surface area (Å²) < 4.78 is 51.7. The molecule has 0 saturated heterocycles. The minimum absolute atomic E-state index is 0.0379. The van der Waals surface area contributed by atoms with Crippen LogP contribution in [0.5, 0.6) is 11.5 Å². The summed E-state index contributed by atoms with van der Waals surface area (Å²) in [5, 5.41) is 18.2. The van der Waals surface area contributed by atoms with Gasteiger partial charge >= 0.3 is 12.1 Å². The van der Waals surface area contributed by atoms with Gasteiger partial charge in [-0.2, -0.15) is 18.3 Å². The number of carbonyl (C=O) groups is 1. The van der Waals surface area contributed by atoms with Crippen molar-refractivity contribution in [3.8, 4) is 34.5 Å². The molecule has 5 aromatic rings. The molecule has 0 spiro atoms. The van der Waals surface area contributed by atoms with Crippen molar-refractivity contribution in [1.82, 2.24) is 24.6 Å². The average molecular weight is 727 g/mol. The Kier molecular flexibility index (Phi) is 11.5. The van der Waals surface area contributed by atoms with Gasteiger partial charge in [0.25, 0.3) is 0 Å². The molecular weight excluding hydrogens is 693 g/mol. The minimum Gasteiger partial charge on any atom is -0.491 e. The van der Waals surface area contributed by atoms with Crippen molar-refractivity contribution in [1.29, 1.82) is 0 Å². The lowest BCUT2D eigenvalue weighted by Gasteiger charge is -2.19. The number of benzene rings is 2. The van der Waals surface area contributed by atoms with Gasteiger partial charge in [0.05, 0.1) is 21.0 Å². The van der Waals surface area contributed by atoms with Crippen LogP contribution in [0.15, 0.2) is 55.0 Å². The summed E-state index contributed by atoms with van der Waals surface area (Å²) in [5.41, 5.74) is 2.97. The number of halogens is 4. The van der Waals surface area contributed by atoms with Gasteiger partial charge in [-0.3, -0.25) is 4.68 Å². The Morgan fingerprint density at radius 1 is 1.14 bits per heavy atom. The van der Waals surface area contributed by atoms with Crippen LogP contribution in [0.25, 0.3) is 21.3 Å². The second-order valence-electron chi connectivity index (χ2n) is 11.5. The molecule has 0 unspecified atom stereocenters. The zero-order valence-corrected chi connectivity index (χ0v) is 29.2. The van der Waals surface area contributed by atoms with Gasteiger partial charge in [-0.15, -0.1) is 17.3 Å². The van der Waals surface area contributed by atoms with E-state index in [0.29, 0.717) is 55.9 Å². The van der Waals surface area contributed by atoms with E-state index in [9.17, 15) is 23.1 Å². The van der Waals surface area contributed by atoms with Crippen LogP contribution in [0.3, 0.4) is 0 Å². The minimum atomic E-state index is -4.45. The topological polar surface area (TPSA) is 115 Å². The number of carboxylic acids is 1. The van der Waals surface area contributed by atoms with E-state index < -0.39 is 24.7 Å². The van der Waals surface area contributed by atoms with Crippen LogP contribution in [0.4, 0.5) is 19.0 Å². The van der Waals surface area contributed by atoms with Crippen molar-refractivity contribution < 1.29 is 32.5 Å².